The number of hydrogen-bond donors (Lipinski definition) is 0. The molecule has 0 aliphatic carbocycles. The number of anilines is 4. The van der Waals surface area contributed by atoms with Crippen molar-refractivity contribution in [2.24, 2.45) is 0 Å². The molecule has 0 amide bonds. The first-order chi connectivity index (χ1) is 43.0. The maximum Gasteiger partial charge on any atom is 0.139 e. The Morgan fingerprint density at radius 3 is 1.75 bits per heavy atom. The van der Waals surface area contributed by atoms with Gasteiger partial charge in [-0.15, -0.1) is 48.1 Å². The van der Waals surface area contributed by atoms with Gasteiger partial charge >= 0.3 is 0 Å². The summed E-state index contributed by atoms with van der Waals surface area (Å²) in [6.45, 7) is 10.4. The van der Waals surface area contributed by atoms with Crippen LogP contribution >= 0.6 is 0 Å². The molecular formula is C72H54N5O2Pt-3. The number of aromatic nitrogens is 3. The van der Waals surface area contributed by atoms with Gasteiger partial charge in [0.05, 0.1) is 24.7 Å². The van der Waals surface area contributed by atoms with E-state index in [0.717, 1.165) is 60.7 Å². The number of hydrogen-bond acceptors (Lipinski definition) is 5. The molecule has 4 heterocycles. The monoisotopic (exact) mass is 1230 g/mol. The van der Waals surface area contributed by atoms with Crippen LogP contribution in [0.2, 0.25) is 0 Å². The van der Waals surface area contributed by atoms with Crippen LogP contribution in [0.4, 0.5) is 22.7 Å². The van der Waals surface area contributed by atoms with Crippen molar-refractivity contribution in [2.45, 2.75) is 39.5 Å². The van der Waals surface area contributed by atoms with Gasteiger partial charge < -0.3 is 28.4 Å². The van der Waals surface area contributed by atoms with Crippen LogP contribution in [0.15, 0.2) is 236 Å². The third-order valence-corrected chi connectivity index (χ3v) is 14.6. The van der Waals surface area contributed by atoms with E-state index in [1.165, 1.54) is 0 Å². The van der Waals surface area contributed by atoms with Crippen molar-refractivity contribution < 1.29 is 44.2 Å². The largest absolute Gasteiger partial charge is 0.509 e. The maximum absolute atomic E-state index is 9.12. The molecule has 0 saturated carbocycles. The van der Waals surface area contributed by atoms with Crippen molar-refractivity contribution in [2.75, 3.05) is 9.80 Å². The summed E-state index contributed by atoms with van der Waals surface area (Å²) in [5.41, 5.74) is 8.99. The van der Waals surface area contributed by atoms with Crippen LogP contribution in [0.25, 0.3) is 77.4 Å². The molecule has 1 aliphatic heterocycles. The summed E-state index contributed by atoms with van der Waals surface area (Å²) >= 11 is 0. The topological polar surface area (TPSA) is 47.7 Å². The van der Waals surface area contributed by atoms with Crippen LogP contribution in [0, 0.1) is 18.8 Å². The Kier molecular flexibility index (Phi) is 10.5. The molecule has 80 heavy (non-hydrogen) atoms. The molecule has 1 aliphatic rings. The molecule has 0 N–H and O–H groups in total. The van der Waals surface area contributed by atoms with E-state index in [9.17, 15) is 0 Å². The standard InChI is InChI=1S/C72H54N5O2.Pt/c1-47(2)56-28-18-29-57(48(3)4)72(56)79-55-40-41-73-70(45-55)77-66-39-36-52(76-64-32-13-11-26-60(64)61-27-12-14-33-65(61)76)43-63(66)62-38-37-54(44-69(62)77)78-53-25-17-24-51(42-53)74-46-75(68-35-16-15-34-67(68)74)71-58(49-20-7-5-8-21-49)30-19-31-59(71)50-22-9-6-10-23-50;/h5-41,43,45-48H,1-4H3;/q-3;/i5D,6D,7D,8D,9D,10D,20D,21D,22D,23D;. The fraction of sp³-hybridized carbons (Fsp3) is 0.0833. The number of rotatable bonds is 12. The van der Waals surface area contributed by atoms with Crippen molar-refractivity contribution in [1.82, 2.24) is 14.1 Å². The van der Waals surface area contributed by atoms with Gasteiger partial charge in [0.15, 0.2) is 0 Å². The number of pyridine rings is 1. The second-order valence-electron chi connectivity index (χ2n) is 20.1. The Labute approximate surface area is 494 Å². The Morgan fingerprint density at radius 2 is 1.09 bits per heavy atom. The Balaban J connectivity index is 0.00000743. The Morgan fingerprint density at radius 1 is 0.500 bits per heavy atom. The third-order valence-electron chi connectivity index (χ3n) is 14.6. The summed E-state index contributed by atoms with van der Waals surface area (Å²) in [6.07, 6.45) is 1.77. The van der Waals surface area contributed by atoms with Crippen LogP contribution in [0.1, 0.15) is 64.4 Å². The zero-order valence-electron chi connectivity index (χ0n) is 53.8. The molecule has 392 valence electrons. The molecule has 0 bridgehead atoms. The Bertz CT molecular complexity index is 4860. The van der Waals surface area contributed by atoms with E-state index in [4.69, 9.17) is 28.2 Å². The van der Waals surface area contributed by atoms with Crippen molar-refractivity contribution in [3.05, 3.63) is 266 Å². The van der Waals surface area contributed by atoms with Crippen LogP contribution in [-0.2, 0) is 21.1 Å². The fourth-order valence-electron chi connectivity index (χ4n) is 11.1. The summed E-state index contributed by atoms with van der Waals surface area (Å²) in [4.78, 5) is 8.61. The molecule has 0 saturated heterocycles. The zero-order chi connectivity index (χ0) is 61.8. The van der Waals surface area contributed by atoms with Crippen molar-refractivity contribution >= 4 is 66.4 Å². The van der Waals surface area contributed by atoms with Gasteiger partial charge in [-0.1, -0.05) is 179 Å². The van der Waals surface area contributed by atoms with Gasteiger partial charge in [0, 0.05) is 95.0 Å². The minimum absolute atomic E-state index is 0. The van der Waals surface area contributed by atoms with Crippen molar-refractivity contribution in [3.8, 4) is 56.8 Å². The predicted octanol–water partition coefficient (Wildman–Crippen LogP) is 19.4. The van der Waals surface area contributed by atoms with E-state index >= 15 is 0 Å². The molecule has 13 aromatic rings. The number of fused-ring (bicyclic) bond motifs is 7. The quantitative estimate of drug-likeness (QED) is 0.114. The van der Waals surface area contributed by atoms with E-state index in [1.807, 2.05) is 65.6 Å². The first kappa shape index (κ1) is 40.1. The first-order valence-electron chi connectivity index (χ1n) is 31.2. The Hall–Kier alpha value is -9.16. The summed E-state index contributed by atoms with van der Waals surface area (Å²) in [5.74, 6) is 3.24. The number of ether oxygens (including phenoxy) is 2. The van der Waals surface area contributed by atoms with E-state index < -0.39 is 60.4 Å². The second-order valence-corrected chi connectivity index (χ2v) is 20.1. The van der Waals surface area contributed by atoms with E-state index in [0.29, 0.717) is 45.6 Å². The second kappa shape index (κ2) is 20.9. The summed E-state index contributed by atoms with van der Waals surface area (Å²) in [6, 6.07) is 57.1. The minimum atomic E-state index is -0.573. The van der Waals surface area contributed by atoms with Gasteiger partial charge in [0.25, 0.3) is 0 Å². The van der Waals surface area contributed by atoms with Crippen molar-refractivity contribution in [3.63, 3.8) is 0 Å². The first-order valence-corrected chi connectivity index (χ1v) is 26.2. The van der Waals surface area contributed by atoms with Crippen LogP contribution in [0.3, 0.4) is 0 Å². The normalized spacial score (nSPS) is 14.0. The smallest absolute Gasteiger partial charge is 0.139 e. The van der Waals surface area contributed by atoms with Crippen LogP contribution in [-0.4, -0.2) is 14.1 Å². The van der Waals surface area contributed by atoms with Gasteiger partial charge in [0.2, 0.25) is 0 Å². The fourth-order valence-corrected chi connectivity index (χ4v) is 11.1. The molecule has 0 spiro atoms. The van der Waals surface area contributed by atoms with Gasteiger partial charge in [0.1, 0.15) is 17.3 Å². The number of benzene rings is 10. The molecule has 10 aromatic carbocycles. The summed E-state index contributed by atoms with van der Waals surface area (Å²) < 4.78 is 106. The van der Waals surface area contributed by atoms with E-state index in [2.05, 4.69) is 134 Å². The molecule has 8 heteroatoms. The van der Waals surface area contributed by atoms with Gasteiger partial charge in [-0.3, -0.25) is 0 Å². The van der Waals surface area contributed by atoms with Gasteiger partial charge in [-0.25, -0.2) is 4.98 Å². The summed E-state index contributed by atoms with van der Waals surface area (Å²) in [5, 5.41) is 4.19. The third kappa shape index (κ3) is 8.79. The molecule has 0 radical (unpaired) electrons. The number of para-hydroxylation sites is 6. The van der Waals surface area contributed by atoms with E-state index in [-0.39, 0.29) is 60.8 Å². The minimum Gasteiger partial charge on any atom is -0.509 e. The molecule has 7 nitrogen and oxygen atoms in total. The van der Waals surface area contributed by atoms with Crippen molar-refractivity contribution in [1.29, 1.82) is 0 Å². The van der Waals surface area contributed by atoms with Crippen LogP contribution < -0.4 is 19.3 Å². The molecule has 0 unspecified atom stereocenters. The molecule has 14 rings (SSSR count). The summed E-state index contributed by atoms with van der Waals surface area (Å²) in [7, 11) is 0. The van der Waals surface area contributed by atoms with Gasteiger partial charge in [-0.2, -0.15) is 12.1 Å². The average molecular weight is 1230 g/mol. The van der Waals surface area contributed by atoms with E-state index in [1.54, 1.807) is 42.0 Å². The molecule has 0 atom stereocenters. The predicted molar refractivity (Wildman–Crippen MR) is 324 cm³/mol. The SMILES string of the molecule is [2H]c1c([2H])c([2H])c(-c2cccc(-c3c([2H])c([2H])c([2H])c([2H])c3[2H])c2N2[CH-]N(c3[c-]c(Oc4[c-]c5c(cc4)c4cc(-n6c7ccccc7c7ccccc76)ccc4n5-c4cc(Oc5c(C(C)C)cccc5C(C)C)ccn4)ccc3)c3ccccc32)c([2H])c1[2H].[Pt]. The zero-order valence-corrected chi connectivity index (χ0v) is 46.1. The molecule has 3 aromatic heterocycles. The number of nitrogens with zero attached hydrogens (tertiary/aromatic N) is 5. The molecule has 0 fully saturated rings. The van der Waals surface area contributed by atoms with Gasteiger partial charge in [-0.05, 0) is 88.0 Å². The van der Waals surface area contributed by atoms with Crippen LogP contribution in [0.5, 0.6) is 23.0 Å². The average Bonchev–Trinajstić information content (AvgIpc) is 1.50. The maximum atomic E-state index is 9.12. The molecular weight excluding hydrogens is 1160 g/mol.